The van der Waals surface area contributed by atoms with Crippen LogP contribution in [-0.4, -0.2) is 4.90 Å². The summed E-state index contributed by atoms with van der Waals surface area (Å²) in [7, 11) is 0. The molecule has 0 fully saturated rings. The molecule has 2 aliphatic rings. The van der Waals surface area contributed by atoms with Crippen molar-refractivity contribution in [1.29, 1.82) is 0 Å². The molecule has 0 unspecified atom stereocenters. The van der Waals surface area contributed by atoms with Gasteiger partial charge < -0.3 is 10.6 Å². The van der Waals surface area contributed by atoms with Gasteiger partial charge >= 0.3 is 0 Å². The molecule has 1 aromatic carbocycles. The lowest BCUT2D eigenvalue weighted by molar-refractivity contribution is 0.649. The summed E-state index contributed by atoms with van der Waals surface area (Å²) in [6.07, 6.45) is 13.7. The molecule has 0 spiro atoms. The molecule has 2 heteroatoms. The van der Waals surface area contributed by atoms with Gasteiger partial charge in [-0.15, -0.1) is 0 Å². The van der Waals surface area contributed by atoms with E-state index in [0.29, 0.717) is 0 Å². The summed E-state index contributed by atoms with van der Waals surface area (Å²) in [6.45, 7) is 5.89. The van der Waals surface area contributed by atoms with E-state index in [2.05, 4.69) is 43.1 Å². The van der Waals surface area contributed by atoms with Crippen molar-refractivity contribution in [2.45, 2.75) is 26.2 Å². The van der Waals surface area contributed by atoms with Crippen molar-refractivity contribution in [2.75, 3.05) is 5.73 Å². The van der Waals surface area contributed by atoms with Gasteiger partial charge in [0.05, 0.1) is 0 Å². The molecular formula is C18H20N2. The largest absolute Gasteiger partial charge is 0.398 e. The average Bonchev–Trinajstić information content (AvgIpc) is 2.96. The standard InChI is InChI=1S/C18H20N2/c1-3-15-10-8-14(12-20(15)4-2)17-11-9-13-6-5-7-16(13)18(17)19/h3-4,8-12H,2,5-7,19H2,1H3/b15-3-. The van der Waals surface area contributed by atoms with Crippen LogP contribution in [0.2, 0.25) is 0 Å². The zero-order valence-corrected chi connectivity index (χ0v) is 11.9. The third kappa shape index (κ3) is 1.97. The van der Waals surface area contributed by atoms with Crippen LogP contribution in [0.25, 0.3) is 5.57 Å². The lowest BCUT2D eigenvalue weighted by atomic mass is 9.96. The van der Waals surface area contributed by atoms with Crippen LogP contribution in [0.15, 0.2) is 55.0 Å². The fourth-order valence-corrected chi connectivity index (χ4v) is 3.04. The maximum atomic E-state index is 6.39. The lowest BCUT2D eigenvalue weighted by Crippen LogP contribution is -2.11. The molecule has 0 saturated carbocycles. The average molecular weight is 264 g/mol. The summed E-state index contributed by atoms with van der Waals surface area (Å²) in [6, 6.07) is 4.38. The van der Waals surface area contributed by atoms with Crippen molar-refractivity contribution in [3.05, 3.63) is 71.7 Å². The number of nitrogens with zero attached hydrogens (tertiary/aromatic N) is 1. The predicted octanol–water partition coefficient (Wildman–Crippen LogP) is 4.02. The van der Waals surface area contributed by atoms with Crippen molar-refractivity contribution < 1.29 is 0 Å². The van der Waals surface area contributed by atoms with Crippen molar-refractivity contribution >= 4 is 11.3 Å². The van der Waals surface area contributed by atoms with E-state index in [9.17, 15) is 0 Å². The second kappa shape index (κ2) is 5.04. The number of benzene rings is 1. The zero-order valence-electron chi connectivity index (χ0n) is 11.9. The highest BCUT2D eigenvalue weighted by Crippen LogP contribution is 2.35. The first-order chi connectivity index (χ1) is 9.74. The Morgan fingerprint density at radius 1 is 1.25 bits per heavy atom. The van der Waals surface area contributed by atoms with Crippen LogP contribution in [0.3, 0.4) is 0 Å². The summed E-state index contributed by atoms with van der Waals surface area (Å²) >= 11 is 0. The summed E-state index contributed by atoms with van der Waals surface area (Å²) in [4.78, 5) is 2.03. The normalized spacial score (nSPS) is 19.1. The maximum Gasteiger partial charge on any atom is 0.0429 e. The molecule has 1 aliphatic heterocycles. The van der Waals surface area contributed by atoms with E-state index < -0.39 is 0 Å². The van der Waals surface area contributed by atoms with Gasteiger partial charge in [0.2, 0.25) is 0 Å². The fraction of sp³-hybridized carbons (Fsp3) is 0.222. The number of fused-ring (bicyclic) bond motifs is 1. The summed E-state index contributed by atoms with van der Waals surface area (Å²) in [5.41, 5.74) is 13.5. The van der Waals surface area contributed by atoms with Gasteiger partial charge in [-0.2, -0.15) is 0 Å². The molecule has 2 N–H and O–H groups in total. The van der Waals surface area contributed by atoms with Crippen LogP contribution < -0.4 is 5.73 Å². The Labute approximate surface area is 120 Å². The van der Waals surface area contributed by atoms with Crippen molar-refractivity contribution in [3.63, 3.8) is 0 Å². The van der Waals surface area contributed by atoms with E-state index >= 15 is 0 Å². The van der Waals surface area contributed by atoms with E-state index in [1.807, 2.05) is 18.0 Å². The highest BCUT2D eigenvalue weighted by Gasteiger charge is 2.18. The Morgan fingerprint density at radius 3 is 2.85 bits per heavy atom. The van der Waals surface area contributed by atoms with Crippen LogP contribution >= 0.6 is 0 Å². The van der Waals surface area contributed by atoms with E-state index in [-0.39, 0.29) is 0 Å². The van der Waals surface area contributed by atoms with Gasteiger partial charge in [-0.3, -0.25) is 0 Å². The monoisotopic (exact) mass is 264 g/mol. The van der Waals surface area contributed by atoms with Gasteiger partial charge in [0, 0.05) is 34.9 Å². The number of anilines is 1. The van der Waals surface area contributed by atoms with Crippen LogP contribution in [0.4, 0.5) is 5.69 Å². The second-order valence-electron chi connectivity index (χ2n) is 5.24. The second-order valence-corrected chi connectivity index (χ2v) is 5.24. The van der Waals surface area contributed by atoms with Crippen molar-refractivity contribution in [1.82, 2.24) is 4.90 Å². The molecule has 0 atom stereocenters. The zero-order chi connectivity index (χ0) is 14.1. The molecular weight excluding hydrogens is 244 g/mol. The van der Waals surface area contributed by atoms with Crippen LogP contribution in [-0.2, 0) is 12.8 Å². The highest BCUT2D eigenvalue weighted by atomic mass is 15.1. The molecule has 1 aromatic rings. The summed E-state index contributed by atoms with van der Waals surface area (Å²) in [5.74, 6) is 0. The number of hydrogen-bond donors (Lipinski definition) is 1. The molecule has 0 radical (unpaired) electrons. The van der Waals surface area contributed by atoms with Crippen molar-refractivity contribution in [3.8, 4) is 0 Å². The van der Waals surface area contributed by atoms with E-state index in [4.69, 9.17) is 5.73 Å². The quantitative estimate of drug-likeness (QED) is 0.817. The Hall–Kier alpha value is -2.22. The molecule has 0 saturated heterocycles. The number of nitrogens with two attached hydrogens (primary N) is 1. The van der Waals surface area contributed by atoms with Gasteiger partial charge in [0.1, 0.15) is 0 Å². The van der Waals surface area contributed by atoms with E-state index in [0.717, 1.165) is 35.4 Å². The number of rotatable bonds is 2. The number of nitrogen functional groups attached to an aromatic ring is 1. The molecule has 20 heavy (non-hydrogen) atoms. The molecule has 2 nitrogen and oxygen atoms in total. The molecule has 0 aromatic heterocycles. The number of aryl methyl sites for hydroxylation is 1. The maximum absolute atomic E-state index is 6.39. The number of hydrogen-bond acceptors (Lipinski definition) is 2. The van der Waals surface area contributed by atoms with Crippen molar-refractivity contribution in [2.24, 2.45) is 0 Å². The Bertz CT molecular complexity index is 648. The first-order valence-corrected chi connectivity index (χ1v) is 7.12. The van der Waals surface area contributed by atoms with Gasteiger partial charge in [-0.05, 0) is 43.4 Å². The molecule has 0 bridgehead atoms. The minimum Gasteiger partial charge on any atom is -0.398 e. The Kier molecular flexibility index (Phi) is 3.23. The SMILES string of the molecule is C=CN1C=C(c2ccc3c(c2N)CCC3)C=C/C1=C/C. The molecule has 3 rings (SSSR count). The van der Waals surface area contributed by atoms with Gasteiger partial charge in [0.25, 0.3) is 0 Å². The van der Waals surface area contributed by atoms with Crippen LogP contribution in [0, 0.1) is 0 Å². The highest BCUT2D eigenvalue weighted by molar-refractivity contribution is 5.84. The van der Waals surface area contributed by atoms with E-state index in [1.165, 1.54) is 17.5 Å². The molecule has 0 amide bonds. The molecule has 1 aliphatic carbocycles. The third-order valence-electron chi connectivity index (χ3n) is 4.14. The molecule has 102 valence electrons. The minimum atomic E-state index is 0.948. The van der Waals surface area contributed by atoms with Gasteiger partial charge in [-0.1, -0.05) is 30.9 Å². The lowest BCUT2D eigenvalue weighted by Gasteiger charge is -2.23. The number of allylic oxidation sites excluding steroid dienone is 4. The minimum absolute atomic E-state index is 0.948. The molecule has 1 heterocycles. The Morgan fingerprint density at radius 2 is 2.10 bits per heavy atom. The Balaban J connectivity index is 2.05. The van der Waals surface area contributed by atoms with Gasteiger partial charge in [-0.25, -0.2) is 0 Å². The van der Waals surface area contributed by atoms with Gasteiger partial charge in [0.15, 0.2) is 0 Å². The third-order valence-corrected chi connectivity index (χ3v) is 4.14. The topological polar surface area (TPSA) is 29.3 Å². The van der Waals surface area contributed by atoms with Crippen LogP contribution in [0.5, 0.6) is 0 Å². The van der Waals surface area contributed by atoms with E-state index in [1.54, 1.807) is 0 Å². The summed E-state index contributed by atoms with van der Waals surface area (Å²) in [5, 5.41) is 0. The first kappa shape index (κ1) is 12.8. The first-order valence-electron chi connectivity index (χ1n) is 7.12. The fourth-order valence-electron chi connectivity index (χ4n) is 3.04. The smallest absolute Gasteiger partial charge is 0.0429 e. The summed E-state index contributed by atoms with van der Waals surface area (Å²) < 4.78 is 0. The predicted molar refractivity (Wildman–Crippen MR) is 85.8 cm³/mol. The van der Waals surface area contributed by atoms with Crippen LogP contribution in [0.1, 0.15) is 30.0 Å².